The molecule has 4 rings (SSSR count). The van der Waals surface area contributed by atoms with Gasteiger partial charge in [-0.25, -0.2) is 0 Å². The molecule has 0 radical (unpaired) electrons. The van der Waals surface area contributed by atoms with Gasteiger partial charge in [0.05, 0.1) is 5.56 Å². The van der Waals surface area contributed by atoms with Gasteiger partial charge in [-0.1, -0.05) is 54.6 Å². The van der Waals surface area contributed by atoms with Crippen LogP contribution < -0.4 is 20.1 Å². The minimum atomic E-state index is -4.49. The van der Waals surface area contributed by atoms with Crippen LogP contribution in [0.5, 0.6) is 17.2 Å². The van der Waals surface area contributed by atoms with Crippen LogP contribution in [0.25, 0.3) is 11.1 Å². The Morgan fingerprint density at radius 3 is 2.19 bits per heavy atom. The molecular weight excluding hydrogens is 477 g/mol. The molecule has 0 saturated carbocycles. The van der Waals surface area contributed by atoms with Crippen molar-refractivity contribution in [3.05, 3.63) is 113 Å². The van der Waals surface area contributed by atoms with Crippen molar-refractivity contribution in [3.63, 3.8) is 0 Å². The molecule has 37 heavy (non-hydrogen) atoms. The minimum absolute atomic E-state index is 0.129. The van der Waals surface area contributed by atoms with Crippen LogP contribution in [0.3, 0.4) is 0 Å². The molecule has 7 heteroatoms. The molecular formula is C30H29F3N2O2. The number of alkyl halides is 3. The molecule has 2 N–H and O–H groups in total. The van der Waals surface area contributed by atoms with Crippen molar-refractivity contribution in [2.24, 2.45) is 0 Å². The monoisotopic (exact) mass is 506 g/mol. The van der Waals surface area contributed by atoms with E-state index in [9.17, 15) is 13.2 Å². The number of nitrogens with one attached hydrogen (secondary N) is 2. The number of ether oxygens (including phenoxy) is 2. The zero-order chi connectivity index (χ0) is 26.3. The normalized spacial score (nSPS) is 11.4. The molecule has 4 aromatic carbocycles. The Kier molecular flexibility index (Phi) is 8.48. The summed E-state index contributed by atoms with van der Waals surface area (Å²) in [5.74, 6) is 1.30. The highest BCUT2D eigenvalue weighted by molar-refractivity contribution is 5.73. The summed E-state index contributed by atoms with van der Waals surface area (Å²) in [5.41, 5.74) is 3.41. The summed E-state index contributed by atoms with van der Waals surface area (Å²) in [6, 6.07) is 26.3. The van der Waals surface area contributed by atoms with Gasteiger partial charge in [-0.2, -0.15) is 13.2 Å². The maximum atomic E-state index is 13.6. The Balaban J connectivity index is 1.70. The van der Waals surface area contributed by atoms with Gasteiger partial charge >= 0.3 is 6.18 Å². The quantitative estimate of drug-likeness (QED) is 0.239. The van der Waals surface area contributed by atoms with Crippen LogP contribution in [0.2, 0.25) is 0 Å². The van der Waals surface area contributed by atoms with Crippen molar-refractivity contribution in [1.29, 1.82) is 0 Å². The van der Waals surface area contributed by atoms with Crippen LogP contribution in [0.15, 0.2) is 91.0 Å². The molecule has 0 fully saturated rings. The van der Waals surface area contributed by atoms with Gasteiger partial charge in [-0.05, 0) is 67.2 Å². The van der Waals surface area contributed by atoms with Crippen LogP contribution in [-0.4, -0.2) is 14.1 Å². The first-order chi connectivity index (χ1) is 17.9. The smallest absolute Gasteiger partial charge is 0.416 e. The molecule has 0 heterocycles. The summed E-state index contributed by atoms with van der Waals surface area (Å²) in [7, 11) is 3.66. The number of rotatable bonds is 10. The average Bonchev–Trinajstić information content (AvgIpc) is 2.89. The summed E-state index contributed by atoms with van der Waals surface area (Å²) in [5, 5.41) is 6.20. The first-order valence-corrected chi connectivity index (χ1v) is 11.9. The van der Waals surface area contributed by atoms with E-state index in [1.54, 1.807) is 6.07 Å². The summed E-state index contributed by atoms with van der Waals surface area (Å²) >= 11 is 0. The molecule has 4 nitrogen and oxygen atoms in total. The van der Waals surface area contributed by atoms with Gasteiger partial charge in [0, 0.05) is 24.2 Å². The van der Waals surface area contributed by atoms with Gasteiger partial charge in [0.25, 0.3) is 0 Å². The SMILES string of the molecule is CNCc1cccc(Oc2cc(C(F)(F)F)ccc2-c2ccc(OCc3ccccc3)c(CNC)c2)c1. The van der Waals surface area contributed by atoms with E-state index in [4.69, 9.17) is 9.47 Å². The predicted octanol–water partition coefficient (Wildman–Crippen LogP) is 7.18. The van der Waals surface area contributed by atoms with Gasteiger partial charge in [0.1, 0.15) is 23.9 Å². The Labute approximate surface area is 215 Å². The Hall–Kier alpha value is -3.81. The zero-order valence-electron chi connectivity index (χ0n) is 20.7. The third-order valence-corrected chi connectivity index (χ3v) is 5.79. The molecule has 0 spiro atoms. The molecule has 0 aliphatic rings. The van der Waals surface area contributed by atoms with E-state index in [2.05, 4.69) is 10.6 Å². The van der Waals surface area contributed by atoms with Crippen LogP contribution in [0.1, 0.15) is 22.3 Å². The van der Waals surface area contributed by atoms with E-state index in [-0.39, 0.29) is 5.75 Å². The lowest BCUT2D eigenvalue weighted by Gasteiger charge is -2.17. The van der Waals surface area contributed by atoms with E-state index < -0.39 is 11.7 Å². The fourth-order valence-corrected chi connectivity index (χ4v) is 4.02. The van der Waals surface area contributed by atoms with Gasteiger partial charge in [0.2, 0.25) is 0 Å². The van der Waals surface area contributed by atoms with Crippen molar-refractivity contribution in [2.75, 3.05) is 14.1 Å². The zero-order valence-corrected chi connectivity index (χ0v) is 20.7. The summed E-state index contributed by atoms with van der Waals surface area (Å²) < 4.78 is 52.8. The highest BCUT2D eigenvalue weighted by atomic mass is 19.4. The third kappa shape index (κ3) is 6.90. The maximum Gasteiger partial charge on any atom is 0.416 e. The summed E-state index contributed by atoms with van der Waals surface area (Å²) in [6.07, 6.45) is -4.49. The lowest BCUT2D eigenvalue weighted by molar-refractivity contribution is -0.137. The second-order valence-electron chi connectivity index (χ2n) is 8.62. The van der Waals surface area contributed by atoms with Gasteiger partial charge in [0.15, 0.2) is 0 Å². The second-order valence-corrected chi connectivity index (χ2v) is 8.62. The molecule has 0 unspecified atom stereocenters. The number of benzene rings is 4. The molecule has 192 valence electrons. The Bertz CT molecular complexity index is 1320. The molecule has 0 bridgehead atoms. The highest BCUT2D eigenvalue weighted by Crippen LogP contribution is 2.40. The molecule has 4 aromatic rings. The Morgan fingerprint density at radius 2 is 1.46 bits per heavy atom. The molecule has 0 atom stereocenters. The van der Waals surface area contributed by atoms with Crippen molar-refractivity contribution < 1.29 is 22.6 Å². The molecule has 0 aliphatic heterocycles. The third-order valence-electron chi connectivity index (χ3n) is 5.79. The van der Waals surface area contributed by atoms with Crippen molar-refractivity contribution in [3.8, 4) is 28.4 Å². The van der Waals surface area contributed by atoms with Crippen LogP contribution >= 0.6 is 0 Å². The van der Waals surface area contributed by atoms with Crippen molar-refractivity contribution >= 4 is 0 Å². The average molecular weight is 507 g/mol. The number of hydrogen-bond donors (Lipinski definition) is 2. The maximum absolute atomic E-state index is 13.6. The summed E-state index contributed by atoms with van der Waals surface area (Å²) in [4.78, 5) is 0. The largest absolute Gasteiger partial charge is 0.489 e. The first-order valence-electron chi connectivity index (χ1n) is 11.9. The molecule has 0 aromatic heterocycles. The van der Waals surface area contributed by atoms with Crippen LogP contribution in [0, 0.1) is 0 Å². The van der Waals surface area contributed by atoms with Crippen LogP contribution in [0.4, 0.5) is 13.2 Å². The topological polar surface area (TPSA) is 42.5 Å². The van der Waals surface area contributed by atoms with Gasteiger partial charge < -0.3 is 20.1 Å². The highest BCUT2D eigenvalue weighted by Gasteiger charge is 2.31. The van der Waals surface area contributed by atoms with E-state index in [1.165, 1.54) is 6.07 Å². The number of halogens is 3. The summed E-state index contributed by atoms with van der Waals surface area (Å²) in [6.45, 7) is 1.56. The lowest BCUT2D eigenvalue weighted by Crippen LogP contribution is -2.08. The van der Waals surface area contributed by atoms with Crippen LogP contribution in [-0.2, 0) is 25.9 Å². The number of hydrogen-bond acceptors (Lipinski definition) is 4. The van der Waals surface area contributed by atoms with E-state index in [1.807, 2.05) is 80.8 Å². The van der Waals surface area contributed by atoms with Crippen molar-refractivity contribution in [2.45, 2.75) is 25.9 Å². The fraction of sp³-hybridized carbons (Fsp3) is 0.200. The Morgan fingerprint density at radius 1 is 0.703 bits per heavy atom. The molecule has 0 amide bonds. The van der Waals surface area contributed by atoms with Crippen molar-refractivity contribution in [1.82, 2.24) is 10.6 Å². The minimum Gasteiger partial charge on any atom is -0.489 e. The lowest BCUT2D eigenvalue weighted by atomic mass is 9.99. The molecule has 0 saturated heterocycles. The standard InChI is InChI=1S/C30H29F3N2O2/c1-34-18-22-9-6-10-26(15-22)37-29-17-25(30(31,32)33)12-13-27(29)23-11-14-28(24(16-23)19-35-2)36-20-21-7-4-3-5-8-21/h3-17,34-35H,18-20H2,1-2H3. The predicted molar refractivity (Wildman–Crippen MR) is 140 cm³/mol. The first kappa shape index (κ1) is 26.3. The fourth-order valence-electron chi connectivity index (χ4n) is 4.02. The van der Waals surface area contributed by atoms with Gasteiger partial charge in [-0.3, -0.25) is 0 Å². The van der Waals surface area contributed by atoms with E-state index in [0.29, 0.717) is 36.8 Å². The van der Waals surface area contributed by atoms with E-state index >= 15 is 0 Å². The molecule has 0 aliphatic carbocycles. The second kappa shape index (κ2) is 12.0. The van der Waals surface area contributed by atoms with Gasteiger partial charge in [-0.15, -0.1) is 0 Å². The van der Waals surface area contributed by atoms with E-state index in [0.717, 1.165) is 34.4 Å².